The lowest BCUT2D eigenvalue weighted by molar-refractivity contribution is 0.0683. The molecular formula is C22H14O8. The first-order valence-electron chi connectivity index (χ1n) is 8.54. The second kappa shape index (κ2) is 8.70. The SMILES string of the molecule is O=C(O)c1cccc(OC(=O)c2cccc(C(=O)Oc3cccc(C(=O)O)c3)c2)c1. The summed E-state index contributed by atoms with van der Waals surface area (Å²) in [5.41, 5.74) is 0.0105. The summed E-state index contributed by atoms with van der Waals surface area (Å²) < 4.78 is 10.3. The zero-order chi connectivity index (χ0) is 21.7. The van der Waals surface area contributed by atoms with Gasteiger partial charge in [0.25, 0.3) is 0 Å². The van der Waals surface area contributed by atoms with Crippen molar-refractivity contribution in [3.8, 4) is 11.5 Å². The van der Waals surface area contributed by atoms with E-state index in [1.165, 1.54) is 72.8 Å². The maximum Gasteiger partial charge on any atom is 0.343 e. The molecule has 30 heavy (non-hydrogen) atoms. The molecule has 0 aliphatic rings. The van der Waals surface area contributed by atoms with Crippen molar-refractivity contribution in [2.75, 3.05) is 0 Å². The molecule has 8 nitrogen and oxygen atoms in total. The summed E-state index contributed by atoms with van der Waals surface area (Å²) in [4.78, 5) is 46.7. The van der Waals surface area contributed by atoms with Crippen LogP contribution in [0.15, 0.2) is 72.8 Å². The van der Waals surface area contributed by atoms with Gasteiger partial charge in [-0.3, -0.25) is 0 Å². The molecule has 0 fully saturated rings. The van der Waals surface area contributed by atoms with E-state index in [0.29, 0.717) is 0 Å². The van der Waals surface area contributed by atoms with Crippen molar-refractivity contribution >= 4 is 23.9 Å². The van der Waals surface area contributed by atoms with Crippen LogP contribution in [0.5, 0.6) is 11.5 Å². The Morgan fingerprint density at radius 2 is 0.900 bits per heavy atom. The molecule has 0 aliphatic heterocycles. The van der Waals surface area contributed by atoms with Gasteiger partial charge in [-0.1, -0.05) is 18.2 Å². The molecule has 3 aromatic rings. The predicted molar refractivity (Wildman–Crippen MR) is 103 cm³/mol. The summed E-state index contributed by atoms with van der Waals surface area (Å²) in [6.45, 7) is 0. The summed E-state index contributed by atoms with van der Waals surface area (Å²) in [5, 5.41) is 18.0. The molecule has 0 bridgehead atoms. The van der Waals surface area contributed by atoms with Crippen molar-refractivity contribution in [3.05, 3.63) is 95.1 Å². The number of hydrogen-bond acceptors (Lipinski definition) is 6. The number of rotatable bonds is 6. The molecule has 0 saturated carbocycles. The van der Waals surface area contributed by atoms with Gasteiger partial charge >= 0.3 is 23.9 Å². The van der Waals surface area contributed by atoms with Crippen LogP contribution < -0.4 is 9.47 Å². The topological polar surface area (TPSA) is 127 Å². The fraction of sp³-hybridized carbons (Fsp3) is 0. The van der Waals surface area contributed by atoms with E-state index in [4.69, 9.17) is 19.7 Å². The largest absolute Gasteiger partial charge is 0.478 e. The van der Waals surface area contributed by atoms with Gasteiger partial charge in [0, 0.05) is 0 Å². The molecule has 2 N–H and O–H groups in total. The summed E-state index contributed by atoms with van der Waals surface area (Å²) in [5.74, 6) is -3.83. The molecule has 0 unspecified atom stereocenters. The Morgan fingerprint density at radius 1 is 0.533 bits per heavy atom. The maximum atomic E-state index is 12.4. The number of hydrogen-bond donors (Lipinski definition) is 2. The number of carboxylic acids is 2. The second-order valence-electron chi connectivity index (χ2n) is 6.03. The standard InChI is InChI=1S/C22H14O8/c23-19(24)13-4-2-8-17(11-13)29-21(27)15-6-1-7-16(10-15)22(28)30-18-9-3-5-14(12-18)20(25)26/h1-12H,(H,23,24)(H,25,26). The van der Waals surface area contributed by atoms with Crippen molar-refractivity contribution in [1.82, 2.24) is 0 Å². The van der Waals surface area contributed by atoms with Crippen molar-refractivity contribution < 1.29 is 38.9 Å². The Labute approximate surface area is 169 Å². The molecule has 0 aliphatic carbocycles. The molecule has 0 amide bonds. The lowest BCUT2D eigenvalue weighted by Crippen LogP contribution is -2.13. The van der Waals surface area contributed by atoms with E-state index in [0.717, 1.165) is 0 Å². The van der Waals surface area contributed by atoms with Gasteiger partial charge in [-0.25, -0.2) is 19.2 Å². The number of carboxylic acid groups (broad SMARTS) is 2. The Bertz CT molecular complexity index is 1060. The number of aromatic carboxylic acids is 2. The molecule has 0 atom stereocenters. The Kier molecular flexibility index (Phi) is 5.88. The number of carbonyl (C=O) groups excluding carboxylic acids is 2. The minimum Gasteiger partial charge on any atom is -0.478 e. The van der Waals surface area contributed by atoms with Crippen LogP contribution in [-0.2, 0) is 0 Å². The lowest BCUT2D eigenvalue weighted by Gasteiger charge is -2.08. The number of ether oxygens (including phenoxy) is 2. The van der Waals surface area contributed by atoms with Crippen LogP contribution in [-0.4, -0.2) is 34.1 Å². The van der Waals surface area contributed by atoms with Gasteiger partial charge in [0.15, 0.2) is 0 Å². The lowest BCUT2D eigenvalue weighted by atomic mass is 10.1. The Hall–Kier alpha value is -4.46. The first-order valence-corrected chi connectivity index (χ1v) is 8.54. The molecule has 0 heterocycles. The molecule has 8 heteroatoms. The van der Waals surface area contributed by atoms with Gasteiger partial charge in [0.05, 0.1) is 22.3 Å². The van der Waals surface area contributed by atoms with Gasteiger partial charge < -0.3 is 19.7 Å². The summed E-state index contributed by atoms with van der Waals surface area (Å²) in [6, 6.07) is 16.4. The second-order valence-corrected chi connectivity index (χ2v) is 6.03. The molecular weight excluding hydrogens is 392 g/mol. The number of carbonyl (C=O) groups is 4. The van der Waals surface area contributed by atoms with Crippen molar-refractivity contribution in [2.24, 2.45) is 0 Å². The van der Waals surface area contributed by atoms with Crippen LogP contribution in [0.1, 0.15) is 41.4 Å². The molecule has 0 aromatic heterocycles. The number of esters is 2. The Balaban J connectivity index is 1.75. The smallest absolute Gasteiger partial charge is 0.343 e. The summed E-state index contributed by atoms with van der Waals surface area (Å²) in [7, 11) is 0. The normalized spacial score (nSPS) is 10.1. The third-order valence-electron chi connectivity index (χ3n) is 3.92. The first-order chi connectivity index (χ1) is 14.3. The van der Waals surface area contributed by atoms with Crippen molar-refractivity contribution in [1.29, 1.82) is 0 Å². The van der Waals surface area contributed by atoms with E-state index >= 15 is 0 Å². The van der Waals surface area contributed by atoms with E-state index in [1.807, 2.05) is 0 Å². The van der Waals surface area contributed by atoms with Crippen LogP contribution in [0.4, 0.5) is 0 Å². The van der Waals surface area contributed by atoms with Gasteiger partial charge in [0.1, 0.15) is 11.5 Å². The molecule has 0 spiro atoms. The van der Waals surface area contributed by atoms with E-state index in [1.54, 1.807) is 0 Å². The predicted octanol–water partition coefficient (Wildman–Crippen LogP) is 3.52. The first kappa shape index (κ1) is 20.3. The highest BCUT2D eigenvalue weighted by atomic mass is 16.5. The monoisotopic (exact) mass is 406 g/mol. The molecule has 0 saturated heterocycles. The van der Waals surface area contributed by atoms with E-state index in [-0.39, 0.29) is 33.8 Å². The highest BCUT2D eigenvalue weighted by Gasteiger charge is 2.15. The van der Waals surface area contributed by atoms with Gasteiger partial charge in [0.2, 0.25) is 0 Å². The van der Waals surface area contributed by atoms with E-state index in [2.05, 4.69) is 0 Å². The fourth-order valence-electron chi connectivity index (χ4n) is 2.49. The molecule has 0 radical (unpaired) electrons. The van der Waals surface area contributed by atoms with Crippen LogP contribution in [0, 0.1) is 0 Å². The van der Waals surface area contributed by atoms with Crippen LogP contribution >= 0.6 is 0 Å². The van der Waals surface area contributed by atoms with Gasteiger partial charge in [-0.15, -0.1) is 0 Å². The van der Waals surface area contributed by atoms with Gasteiger partial charge in [-0.2, -0.15) is 0 Å². The number of benzene rings is 3. The van der Waals surface area contributed by atoms with Crippen LogP contribution in [0.2, 0.25) is 0 Å². The van der Waals surface area contributed by atoms with Crippen molar-refractivity contribution in [3.63, 3.8) is 0 Å². The zero-order valence-electron chi connectivity index (χ0n) is 15.3. The Morgan fingerprint density at radius 3 is 1.30 bits per heavy atom. The molecule has 150 valence electrons. The van der Waals surface area contributed by atoms with E-state index in [9.17, 15) is 19.2 Å². The van der Waals surface area contributed by atoms with Crippen LogP contribution in [0.25, 0.3) is 0 Å². The molecule has 3 rings (SSSR count). The van der Waals surface area contributed by atoms with Gasteiger partial charge in [-0.05, 0) is 54.6 Å². The molecule has 3 aromatic carbocycles. The summed E-state index contributed by atoms with van der Waals surface area (Å²) in [6.07, 6.45) is 0. The van der Waals surface area contributed by atoms with Crippen molar-refractivity contribution in [2.45, 2.75) is 0 Å². The minimum absolute atomic E-state index is 0.0402. The minimum atomic E-state index is -1.16. The van der Waals surface area contributed by atoms with E-state index < -0.39 is 23.9 Å². The zero-order valence-corrected chi connectivity index (χ0v) is 15.3. The quantitative estimate of drug-likeness (QED) is 0.470. The fourth-order valence-corrected chi connectivity index (χ4v) is 2.49. The average molecular weight is 406 g/mol. The average Bonchev–Trinajstić information content (AvgIpc) is 2.74. The van der Waals surface area contributed by atoms with Crippen LogP contribution in [0.3, 0.4) is 0 Å². The highest BCUT2D eigenvalue weighted by molar-refractivity contribution is 5.97. The summed E-state index contributed by atoms with van der Waals surface area (Å²) >= 11 is 0. The maximum absolute atomic E-state index is 12.4. The third-order valence-corrected chi connectivity index (χ3v) is 3.92. The third kappa shape index (κ3) is 4.87. The highest BCUT2D eigenvalue weighted by Crippen LogP contribution is 2.18.